The number of hydrogen-bond acceptors (Lipinski definition) is 3. The van der Waals surface area contributed by atoms with Gasteiger partial charge in [-0.15, -0.1) is 11.8 Å². The summed E-state index contributed by atoms with van der Waals surface area (Å²) in [5.41, 5.74) is -0.521. The maximum absolute atomic E-state index is 13.7. The van der Waals surface area contributed by atoms with Crippen LogP contribution in [0.15, 0.2) is 35.2 Å². The minimum Gasteiger partial charge on any atom is -0.326 e. The van der Waals surface area contributed by atoms with Gasteiger partial charge in [0, 0.05) is 22.6 Å². The molecule has 3 rings (SSSR count). The predicted octanol–water partition coefficient (Wildman–Crippen LogP) is 5.88. The zero-order valence-electron chi connectivity index (χ0n) is 16.8. The van der Waals surface area contributed by atoms with Crippen molar-refractivity contribution in [3.05, 3.63) is 53.6 Å². The van der Waals surface area contributed by atoms with E-state index in [1.165, 1.54) is 6.92 Å². The van der Waals surface area contributed by atoms with E-state index in [0.29, 0.717) is 10.6 Å². The summed E-state index contributed by atoms with van der Waals surface area (Å²) < 4.78 is 54.1. The molecule has 0 aromatic heterocycles. The van der Waals surface area contributed by atoms with Crippen LogP contribution in [0.4, 0.5) is 28.9 Å². The molecule has 9 heteroatoms. The van der Waals surface area contributed by atoms with Gasteiger partial charge >= 0.3 is 0 Å². The number of amides is 2. The van der Waals surface area contributed by atoms with E-state index < -0.39 is 40.1 Å². The largest absolute Gasteiger partial charge is 0.326 e. The molecule has 166 valence electrons. The van der Waals surface area contributed by atoms with Crippen LogP contribution in [0.2, 0.25) is 0 Å². The Bertz CT molecular complexity index is 937. The van der Waals surface area contributed by atoms with Crippen molar-refractivity contribution in [2.75, 3.05) is 10.6 Å². The second kappa shape index (κ2) is 10.2. The molecule has 1 fully saturated rings. The van der Waals surface area contributed by atoms with Crippen LogP contribution < -0.4 is 10.6 Å². The second-order valence-corrected chi connectivity index (χ2v) is 8.86. The van der Waals surface area contributed by atoms with Crippen LogP contribution in [0.25, 0.3) is 0 Å². The summed E-state index contributed by atoms with van der Waals surface area (Å²) in [4.78, 5) is 25.2. The molecule has 0 bridgehead atoms. The van der Waals surface area contributed by atoms with E-state index in [0.717, 1.165) is 43.9 Å². The first-order chi connectivity index (χ1) is 14.8. The maximum Gasteiger partial charge on any atom is 0.237 e. The van der Waals surface area contributed by atoms with E-state index in [-0.39, 0.29) is 17.9 Å². The van der Waals surface area contributed by atoms with Gasteiger partial charge in [-0.2, -0.15) is 0 Å². The van der Waals surface area contributed by atoms with Crippen LogP contribution in [-0.4, -0.2) is 17.1 Å². The van der Waals surface area contributed by atoms with Gasteiger partial charge in [0.15, 0.2) is 23.3 Å². The van der Waals surface area contributed by atoms with Gasteiger partial charge < -0.3 is 10.6 Å². The Kier molecular flexibility index (Phi) is 7.59. The molecule has 0 saturated heterocycles. The predicted molar refractivity (Wildman–Crippen MR) is 112 cm³/mol. The molecule has 0 heterocycles. The standard InChI is InChI=1S/C22H22F4N2O2S/c1-12(21(29)28-20-18(25)16(23)11-17(24)19(20)26)31-15-9-7-14(8-10-15)27-22(30)13-5-3-2-4-6-13/h7-13H,2-6H2,1H3,(H,27,30)(H,28,29). The fraction of sp³-hybridized carbons (Fsp3) is 0.364. The smallest absolute Gasteiger partial charge is 0.237 e. The molecule has 1 unspecified atom stereocenters. The number of carbonyl (C=O) groups excluding carboxylic acids is 2. The molecule has 1 saturated carbocycles. The molecule has 0 spiro atoms. The zero-order valence-corrected chi connectivity index (χ0v) is 17.6. The summed E-state index contributed by atoms with van der Waals surface area (Å²) in [6.07, 6.45) is 5.06. The van der Waals surface area contributed by atoms with Crippen molar-refractivity contribution < 1.29 is 27.2 Å². The minimum atomic E-state index is -1.66. The summed E-state index contributed by atoms with van der Waals surface area (Å²) in [5, 5.41) is 3.98. The maximum atomic E-state index is 13.7. The van der Waals surface area contributed by atoms with Crippen molar-refractivity contribution in [2.45, 2.75) is 49.2 Å². The Morgan fingerprint density at radius 3 is 2.10 bits per heavy atom. The van der Waals surface area contributed by atoms with E-state index in [2.05, 4.69) is 5.32 Å². The van der Waals surface area contributed by atoms with Crippen molar-refractivity contribution in [3.8, 4) is 0 Å². The van der Waals surface area contributed by atoms with Gasteiger partial charge in [0.25, 0.3) is 0 Å². The molecule has 1 aliphatic carbocycles. The van der Waals surface area contributed by atoms with Crippen molar-refractivity contribution in [1.82, 2.24) is 0 Å². The monoisotopic (exact) mass is 454 g/mol. The third-order valence-electron chi connectivity index (χ3n) is 5.14. The van der Waals surface area contributed by atoms with Crippen molar-refractivity contribution >= 4 is 35.0 Å². The highest BCUT2D eigenvalue weighted by Gasteiger charge is 2.24. The van der Waals surface area contributed by atoms with Gasteiger partial charge in [-0.1, -0.05) is 19.3 Å². The van der Waals surface area contributed by atoms with E-state index in [9.17, 15) is 27.2 Å². The third-order valence-corrected chi connectivity index (χ3v) is 6.25. The Labute approximate surface area is 181 Å². The molecule has 2 N–H and O–H groups in total. The molecule has 4 nitrogen and oxygen atoms in total. The van der Waals surface area contributed by atoms with Crippen LogP contribution in [0.5, 0.6) is 0 Å². The first kappa shape index (κ1) is 23.1. The fourth-order valence-electron chi connectivity index (χ4n) is 3.39. The lowest BCUT2D eigenvalue weighted by molar-refractivity contribution is -0.120. The third kappa shape index (κ3) is 5.78. The highest BCUT2D eigenvalue weighted by atomic mass is 32.2. The summed E-state index contributed by atoms with van der Waals surface area (Å²) >= 11 is 1.09. The lowest BCUT2D eigenvalue weighted by Crippen LogP contribution is -2.24. The molecule has 2 aromatic rings. The SMILES string of the molecule is CC(Sc1ccc(NC(=O)C2CCCCC2)cc1)C(=O)Nc1c(F)c(F)cc(F)c1F. The van der Waals surface area contributed by atoms with E-state index >= 15 is 0 Å². The number of hydrogen-bond donors (Lipinski definition) is 2. The molecule has 0 radical (unpaired) electrons. The number of nitrogens with one attached hydrogen (secondary N) is 2. The lowest BCUT2D eigenvalue weighted by Gasteiger charge is -2.20. The molecular formula is C22H22F4N2O2S. The summed E-state index contributed by atoms with van der Waals surface area (Å²) in [5.74, 6) is -7.31. The highest BCUT2D eigenvalue weighted by molar-refractivity contribution is 8.00. The van der Waals surface area contributed by atoms with Gasteiger partial charge in [-0.3, -0.25) is 9.59 Å². The summed E-state index contributed by atoms with van der Waals surface area (Å²) in [7, 11) is 0. The zero-order chi connectivity index (χ0) is 22.5. The quantitative estimate of drug-likeness (QED) is 0.326. The topological polar surface area (TPSA) is 58.2 Å². The first-order valence-corrected chi connectivity index (χ1v) is 10.9. The Morgan fingerprint density at radius 2 is 1.52 bits per heavy atom. The molecule has 31 heavy (non-hydrogen) atoms. The second-order valence-electron chi connectivity index (χ2n) is 7.44. The van der Waals surface area contributed by atoms with Crippen molar-refractivity contribution in [2.24, 2.45) is 5.92 Å². The Hall–Kier alpha value is -2.55. The van der Waals surface area contributed by atoms with Gasteiger partial charge in [-0.25, -0.2) is 17.6 Å². The highest BCUT2D eigenvalue weighted by Crippen LogP contribution is 2.29. The Balaban J connectivity index is 1.58. The molecular weight excluding hydrogens is 432 g/mol. The number of rotatable bonds is 6. The van der Waals surface area contributed by atoms with Gasteiger partial charge in [0.1, 0.15) is 5.69 Å². The van der Waals surface area contributed by atoms with Gasteiger partial charge in [0.05, 0.1) is 5.25 Å². The minimum absolute atomic E-state index is 0.000715. The van der Waals surface area contributed by atoms with Gasteiger partial charge in [-0.05, 0) is 44.0 Å². The fourth-order valence-corrected chi connectivity index (χ4v) is 4.26. The number of anilines is 2. The van der Waals surface area contributed by atoms with Crippen LogP contribution in [0, 0.1) is 29.2 Å². The average Bonchev–Trinajstić information content (AvgIpc) is 2.77. The number of benzene rings is 2. The molecule has 1 atom stereocenters. The number of halogens is 4. The van der Waals surface area contributed by atoms with E-state index in [1.54, 1.807) is 24.3 Å². The van der Waals surface area contributed by atoms with Crippen LogP contribution >= 0.6 is 11.8 Å². The van der Waals surface area contributed by atoms with Gasteiger partial charge in [0.2, 0.25) is 11.8 Å². The van der Waals surface area contributed by atoms with Crippen molar-refractivity contribution in [3.63, 3.8) is 0 Å². The molecule has 0 aliphatic heterocycles. The lowest BCUT2D eigenvalue weighted by atomic mass is 9.88. The number of carbonyl (C=O) groups is 2. The first-order valence-electron chi connectivity index (χ1n) is 9.97. The Morgan fingerprint density at radius 1 is 0.935 bits per heavy atom. The molecule has 2 aromatic carbocycles. The number of thioether (sulfide) groups is 1. The van der Waals surface area contributed by atoms with Crippen LogP contribution in [0.3, 0.4) is 0 Å². The van der Waals surface area contributed by atoms with E-state index in [1.807, 2.05) is 5.32 Å². The summed E-state index contributed by atoms with van der Waals surface area (Å²) in [6, 6.07) is 6.89. The average molecular weight is 454 g/mol. The molecule has 2 amide bonds. The van der Waals surface area contributed by atoms with E-state index in [4.69, 9.17) is 0 Å². The van der Waals surface area contributed by atoms with Crippen LogP contribution in [0.1, 0.15) is 39.0 Å². The normalized spacial score (nSPS) is 15.4. The van der Waals surface area contributed by atoms with Crippen LogP contribution in [-0.2, 0) is 9.59 Å². The van der Waals surface area contributed by atoms with Crippen molar-refractivity contribution in [1.29, 1.82) is 0 Å². The summed E-state index contributed by atoms with van der Waals surface area (Å²) in [6.45, 7) is 1.49. The molecule has 1 aliphatic rings.